The van der Waals surface area contributed by atoms with Crippen LogP contribution in [-0.2, 0) is 9.53 Å². The Morgan fingerprint density at radius 1 is 1.78 bits per heavy atom. The summed E-state index contributed by atoms with van der Waals surface area (Å²) in [4.78, 5) is 10.7. The van der Waals surface area contributed by atoms with E-state index in [9.17, 15) is 4.79 Å². The van der Waals surface area contributed by atoms with Crippen LogP contribution in [0.15, 0.2) is 11.3 Å². The lowest BCUT2D eigenvalue weighted by Gasteiger charge is -1.92. The summed E-state index contributed by atoms with van der Waals surface area (Å²) in [5, 5.41) is 0. The van der Waals surface area contributed by atoms with Crippen molar-refractivity contribution in [3.63, 3.8) is 0 Å². The summed E-state index contributed by atoms with van der Waals surface area (Å²) in [6, 6.07) is 0. The molecule has 0 atom stereocenters. The Bertz CT molecular complexity index is 168. The van der Waals surface area contributed by atoms with Crippen LogP contribution in [0.1, 0.15) is 13.3 Å². The number of carbonyl (C=O) groups is 1. The molecule has 2 N–H and O–H groups in total. The van der Waals surface area contributed by atoms with E-state index >= 15 is 0 Å². The van der Waals surface area contributed by atoms with Gasteiger partial charge in [0.1, 0.15) is 0 Å². The van der Waals surface area contributed by atoms with Gasteiger partial charge in [-0.1, -0.05) is 0 Å². The number of allylic oxidation sites excluding steroid dienone is 1. The largest absolute Gasteiger partial charge is 0.462 e. The highest BCUT2D eigenvalue weighted by molar-refractivity contribution is 5.90. The molecule has 1 aliphatic heterocycles. The Labute approximate surface area is 53.5 Å². The molecule has 1 saturated heterocycles. The van der Waals surface area contributed by atoms with Gasteiger partial charge >= 0.3 is 5.97 Å². The van der Waals surface area contributed by atoms with E-state index in [4.69, 9.17) is 5.73 Å². The van der Waals surface area contributed by atoms with E-state index in [-0.39, 0.29) is 5.97 Å². The molecule has 0 unspecified atom stereocenters. The third-order valence-corrected chi connectivity index (χ3v) is 1.31. The van der Waals surface area contributed by atoms with Gasteiger partial charge in [0.05, 0.1) is 12.2 Å². The third-order valence-electron chi connectivity index (χ3n) is 1.31. The Morgan fingerprint density at radius 2 is 2.44 bits per heavy atom. The van der Waals surface area contributed by atoms with Gasteiger partial charge in [-0.2, -0.15) is 0 Å². The monoisotopic (exact) mass is 127 g/mol. The molecule has 3 heteroatoms. The average Bonchev–Trinajstić information content (AvgIpc) is 2.13. The topological polar surface area (TPSA) is 52.3 Å². The normalized spacial score (nSPS) is 23.9. The molecule has 9 heavy (non-hydrogen) atoms. The van der Waals surface area contributed by atoms with E-state index in [0.717, 1.165) is 0 Å². The number of rotatable bonds is 0. The van der Waals surface area contributed by atoms with E-state index in [1.165, 1.54) is 0 Å². The first-order valence-corrected chi connectivity index (χ1v) is 2.84. The smallest absolute Gasteiger partial charge is 0.335 e. The van der Waals surface area contributed by atoms with E-state index < -0.39 is 0 Å². The maximum Gasteiger partial charge on any atom is 0.335 e. The van der Waals surface area contributed by atoms with E-state index in [2.05, 4.69) is 4.74 Å². The SMILES string of the molecule is C/C(N)=C1/CCOC1=O. The van der Waals surface area contributed by atoms with Gasteiger partial charge in [-0.3, -0.25) is 0 Å². The van der Waals surface area contributed by atoms with Gasteiger partial charge in [-0.15, -0.1) is 0 Å². The quantitative estimate of drug-likeness (QED) is 0.372. The Kier molecular flexibility index (Phi) is 1.42. The molecule has 3 nitrogen and oxygen atoms in total. The molecule has 0 spiro atoms. The summed E-state index contributed by atoms with van der Waals surface area (Å²) in [7, 11) is 0. The molecule has 0 aromatic carbocycles. The summed E-state index contributed by atoms with van der Waals surface area (Å²) in [6.45, 7) is 2.20. The fraction of sp³-hybridized carbons (Fsp3) is 0.500. The Morgan fingerprint density at radius 3 is 2.67 bits per heavy atom. The number of carbonyl (C=O) groups excluding carboxylic acids is 1. The van der Waals surface area contributed by atoms with Crippen molar-refractivity contribution >= 4 is 5.97 Å². The lowest BCUT2D eigenvalue weighted by molar-refractivity contribution is -0.135. The van der Waals surface area contributed by atoms with Gasteiger partial charge < -0.3 is 10.5 Å². The van der Waals surface area contributed by atoms with E-state index in [1.807, 2.05) is 0 Å². The molecule has 0 aliphatic carbocycles. The van der Waals surface area contributed by atoms with Crippen molar-refractivity contribution in [2.45, 2.75) is 13.3 Å². The van der Waals surface area contributed by atoms with Crippen LogP contribution in [0.3, 0.4) is 0 Å². The molecule has 0 amide bonds. The molecule has 0 aromatic heterocycles. The minimum absolute atomic E-state index is 0.255. The summed E-state index contributed by atoms with van der Waals surface area (Å²) in [5.74, 6) is -0.255. The van der Waals surface area contributed by atoms with Gasteiger partial charge in [-0.05, 0) is 6.92 Å². The minimum atomic E-state index is -0.255. The van der Waals surface area contributed by atoms with E-state index in [0.29, 0.717) is 24.3 Å². The Hall–Kier alpha value is -0.990. The fourth-order valence-corrected chi connectivity index (χ4v) is 0.793. The molecule has 1 fully saturated rings. The first-order valence-electron chi connectivity index (χ1n) is 2.84. The van der Waals surface area contributed by atoms with Crippen molar-refractivity contribution < 1.29 is 9.53 Å². The second kappa shape index (κ2) is 2.09. The molecular formula is C6H9NO2. The number of nitrogens with two attached hydrogens (primary N) is 1. The number of hydrogen-bond donors (Lipinski definition) is 1. The maximum absolute atomic E-state index is 10.7. The molecular weight excluding hydrogens is 118 g/mol. The van der Waals surface area contributed by atoms with Gasteiger partial charge in [0.2, 0.25) is 0 Å². The average molecular weight is 127 g/mol. The predicted molar refractivity (Wildman–Crippen MR) is 32.5 cm³/mol. The van der Waals surface area contributed by atoms with Crippen LogP contribution in [0.25, 0.3) is 0 Å². The van der Waals surface area contributed by atoms with Crippen LogP contribution in [0.2, 0.25) is 0 Å². The zero-order chi connectivity index (χ0) is 6.85. The molecule has 1 rings (SSSR count). The summed E-state index contributed by atoms with van der Waals surface area (Å²) < 4.78 is 4.65. The molecule has 50 valence electrons. The van der Waals surface area contributed by atoms with Crippen molar-refractivity contribution in [3.8, 4) is 0 Å². The molecule has 0 radical (unpaired) electrons. The highest BCUT2D eigenvalue weighted by Crippen LogP contribution is 2.14. The van der Waals surface area contributed by atoms with Crippen molar-refractivity contribution in [1.82, 2.24) is 0 Å². The molecule has 0 bridgehead atoms. The highest BCUT2D eigenvalue weighted by atomic mass is 16.5. The highest BCUT2D eigenvalue weighted by Gasteiger charge is 2.19. The second-order valence-corrected chi connectivity index (χ2v) is 2.05. The molecule has 1 heterocycles. The first-order chi connectivity index (χ1) is 4.22. The first kappa shape index (κ1) is 6.13. The number of esters is 1. The van der Waals surface area contributed by atoms with Crippen LogP contribution >= 0.6 is 0 Å². The second-order valence-electron chi connectivity index (χ2n) is 2.05. The predicted octanol–water partition coefficient (Wildman–Crippen LogP) is 0.166. The van der Waals surface area contributed by atoms with Gasteiger partial charge in [-0.25, -0.2) is 4.79 Å². The lowest BCUT2D eigenvalue weighted by atomic mass is 10.2. The standard InChI is InChI=1S/C6H9NO2/c1-4(7)5-2-3-9-6(5)8/h2-3,7H2,1H3/b5-4+. The summed E-state index contributed by atoms with van der Waals surface area (Å²) in [5.41, 5.74) is 6.58. The fourth-order valence-electron chi connectivity index (χ4n) is 0.793. The molecule has 0 aromatic rings. The van der Waals surface area contributed by atoms with Crippen molar-refractivity contribution in [3.05, 3.63) is 11.3 Å². The molecule has 0 saturated carbocycles. The van der Waals surface area contributed by atoms with Crippen molar-refractivity contribution in [2.75, 3.05) is 6.61 Å². The number of cyclic esters (lactones) is 1. The van der Waals surface area contributed by atoms with Gasteiger partial charge in [0.25, 0.3) is 0 Å². The van der Waals surface area contributed by atoms with Crippen molar-refractivity contribution in [1.29, 1.82) is 0 Å². The third kappa shape index (κ3) is 1.04. The van der Waals surface area contributed by atoms with Gasteiger partial charge in [0, 0.05) is 12.1 Å². The minimum Gasteiger partial charge on any atom is -0.462 e. The van der Waals surface area contributed by atoms with Crippen molar-refractivity contribution in [2.24, 2.45) is 5.73 Å². The number of hydrogen-bond acceptors (Lipinski definition) is 3. The van der Waals surface area contributed by atoms with E-state index in [1.54, 1.807) is 6.92 Å². The van der Waals surface area contributed by atoms with Crippen LogP contribution in [0.4, 0.5) is 0 Å². The van der Waals surface area contributed by atoms with Crippen LogP contribution in [0, 0.1) is 0 Å². The Balaban J connectivity index is 2.83. The zero-order valence-electron chi connectivity index (χ0n) is 5.31. The molecule has 1 aliphatic rings. The number of ether oxygens (including phenoxy) is 1. The van der Waals surface area contributed by atoms with Crippen LogP contribution in [-0.4, -0.2) is 12.6 Å². The van der Waals surface area contributed by atoms with Crippen LogP contribution in [0.5, 0.6) is 0 Å². The summed E-state index contributed by atoms with van der Waals surface area (Å²) in [6.07, 6.45) is 0.668. The summed E-state index contributed by atoms with van der Waals surface area (Å²) >= 11 is 0. The maximum atomic E-state index is 10.7. The zero-order valence-corrected chi connectivity index (χ0v) is 5.31. The van der Waals surface area contributed by atoms with Gasteiger partial charge in [0.15, 0.2) is 0 Å². The lowest BCUT2D eigenvalue weighted by Crippen LogP contribution is -2.03. The van der Waals surface area contributed by atoms with Crippen LogP contribution < -0.4 is 5.73 Å².